The van der Waals surface area contributed by atoms with E-state index in [1.54, 1.807) is 17.0 Å². The molecule has 1 atom stereocenters. The maximum Gasteiger partial charge on any atom is 0.238 e. The minimum atomic E-state index is -0.574. The number of nitrogens with one attached hydrogen (secondary N) is 1. The number of carbonyl (C=O) groups excluding carboxylic acids is 2. The molecular weight excluding hydrogens is 377 g/mol. The Balaban J connectivity index is 1.81. The molecule has 0 spiro atoms. The Morgan fingerprint density at radius 1 is 1.25 bits per heavy atom. The number of amidine groups is 1. The van der Waals surface area contributed by atoms with Crippen molar-refractivity contribution in [1.29, 1.82) is 0 Å². The normalized spacial score (nSPS) is 18.4. The number of halogens is 1. The lowest BCUT2D eigenvalue weighted by atomic mass is 10.1. The number of thioether (sulfide) groups is 1. The van der Waals surface area contributed by atoms with E-state index in [1.807, 2.05) is 39.0 Å². The van der Waals surface area contributed by atoms with E-state index in [0.29, 0.717) is 17.4 Å². The molecule has 0 saturated carbocycles. The van der Waals surface area contributed by atoms with Crippen LogP contribution in [0.4, 0.5) is 15.8 Å². The zero-order valence-electron chi connectivity index (χ0n) is 16.0. The number of hydrogen-bond donors (Lipinski definition) is 1. The van der Waals surface area contributed by atoms with Gasteiger partial charge in [-0.05, 0) is 56.7 Å². The molecule has 146 valence electrons. The topological polar surface area (TPSA) is 61.8 Å². The van der Waals surface area contributed by atoms with Crippen LogP contribution in [0.2, 0.25) is 0 Å². The highest BCUT2D eigenvalue weighted by atomic mass is 32.2. The van der Waals surface area contributed by atoms with Crippen molar-refractivity contribution < 1.29 is 14.0 Å². The number of nitrogens with zero attached hydrogens (tertiary/aromatic N) is 2. The molecule has 1 N–H and O–H groups in total. The molecule has 1 saturated heterocycles. The quantitative estimate of drug-likeness (QED) is 0.828. The summed E-state index contributed by atoms with van der Waals surface area (Å²) in [6, 6.07) is 11.5. The van der Waals surface area contributed by atoms with Crippen molar-refractivity contribution in [2.75, 3.05) is 11.9 Å². The zero-order chi connectivity index (χ0) is 20.3. The third-order valence-electron chi connectivity index (χ3n) is 4.44. The van der Waals surface area contributed by atoms with Crippen molar-refractivity contribution in [3.8, 4) is 0 Å². The number of benzene rings is 2. The fourth-order valence-electron chi connectivity index (χ4n) is 2.95. The summed E-state index contributed by atoms with van der Waals surface area (Å²) >= 11 is 1.25. The lowest BCUT2D eigenvalue weighted by Crippen LogP contribution is -2.45. The Labute approximate surface area is 168 Å². The molecule has 3 rings (SSSR count). The van der Waals surface area contributed by atoms with Crippen molar-refractivity contribution >= 4 is 40.1 Å². The van der Waals surface area contributed by atoms with Crippen molar-refractivity contribution in [3.05, 3.63) is 59.4 Å². The van der Waals surface area contributed by atoms with Gasteiger partial charge < -0.3 is 5.32 Å². The lowest BCUT2D eigenvalue weighted by Gasteiger charge is -2.31. The van der Waals surface area contributed by atoms with Gasteiger partial charge in [-0.2, -0.15) is 0 Å². The van der Waals surface area contributed by atoms with Crippen molar-refractivity contribution in [1.82, 2.24) is 4.90 Å². The van der Waals surface area contributed by atoms with Gasteiger partial charge in [-0.25, -0.2) is 9.38 Å². The van der Waals surface area contributed by atoms with Crippen LogP contribution in [0.25, 0.3) is 0 Å². The number of amides is 2. The average molecular weight is 399 g/mol. The van der Waals surface area contributed by atoms with Gasteiger partial charge >= 0.3 is 0 Å². The molecule has 28 heavy (non-hydrogen) atoms. The molecule has 1 unspecified atom stereocenters. The largest absolute Gasteiger partial charge is 0.325 e. The van der Waals surface area contributed by atoms with E-state index in [4.69, 9.17) is 0 Å². The van der Waals surface area contributed by atoms with Gasteiger partial charge in [0, 0.05) is 18.7 Å². The average Bonchev–Trinajstić information content (AvgIpc) is 2.65. The molecule has 0 aliphatic carbocycles. The van der Waals surface area contributed by atoms with Gasteiger partial charge in [-0.1, -0.05) is 29.5 Å². The van der Waals surface area contributed by atoms with Gasteiger partial charge in [0.15, 0.2) is 5.17 Å². The SMILES string of the molecule is CCN1C(=O)CC(C(=O)Nc2ccc(C)cc2C)SC1=Nc1ccc(F)cc1. The fourth-order valence-corrected chi connectivity index (χ4v) is 4.11. The molecule has 7 heteroatoms. The maximum atomic E-state index is 13.1. The molecule has 2 aromatic rings. The molecule has 0 radical (unpaired) electrons. The first-order chi connectivity index (χ1) is 13.4. The third-order valence-corrected chi connectivity index (χ3v) is 5.63. The number of aryl methyl sites for hydroxylation is 2. The zero-order valence-corrected chi connectivity index (χ0v) is 16.8. The first-order valence-electron chi connectivity index (χ1n) is 9.06. The van der Waals surface area contributed by atoms with Gasteiger partial charge in [0.1, 0.15) is 11.1 Å². The molecular formula is C21H22FN3O2S. The number of carbonyl (C=O) groups is 2. The fraction of sp³-hybridized carbons (Fsp3) is 0.286. The molecule has 0 bridgehead atoms. The van der Waals surface area contributed by atoms with Crippen LogP contribution in [-0.2, 0) is 9.59 Å². The lowest BCUT2D eigenvalue weighted by molar-refractivity contribution is -0.129. The number of anilines is 1. The van der Waals surface area contributed by atoms with Gasteiger partial charge in [0.05, 0.1) is 5.69 Å². The monoisotopic (exact) mass is 399 g/mol. The van der Waals surface area contributed by atoms with E-state index < -0.39 is 5.25 Å². The van der Waals surface area contributed by atoms with Gasteiger partial charge in [-0.15, -0.1) is 0 Å². The standard InChI is InChI=1S/C21H22FN3O2S/c1-4-25-19(26)12-18(20(27)24-17-10-5-13(2)11-14(17)3)28-21(25)23-16-8-6-15(22)7-9-16/h5-11,18H,4,12H2,1-3H3,(H,24,27). The summed E-state index contributed by atoms with van der Waals surface area (Å²) in [4.78, 5) is 31.4. The van der Waals surface area contributed by atoms with Crippen molar-refractivity contribution in [2.24, 2.45) is 4.99 Å². The summed E-state index contributed by atoms with van der Waals surface area (Å²) in [5.74, 6) is -0.731. The molecule has 1 heterocycles. The Hall–Kier alpha value is -2.67. The minimum absolute atomic E-state index is 0.109. The highest BCUT2D eigenvalue weighted by molar-refractivity contribution is 8.15. The van der Waals surface area contributed by atoms with Crippen LogP contribution in [-0.4, -0.2) is 33.7 Å². The Morgan fingerprint density at radius 2 is 1.96 bits per heavy atom. The van der Waals surface area contributed by atoms with Crippen LogP contribution in [0.15, 0.2) is 47.5 Å². The van der Waals surface area contributed by atoms with Crippen molar-refractivity contribution in [2.45, 2.75) is 32.4 Å². The Morgan fingerprint density at radius 3 is 2.61 bits per heavy atom. The molecule has 0 aromatic heterocycles. The van der Waals surface area contributed by atoms with E-state index in [-0.39, 0.29) is 24.1 Å². The highest BCUT2D eigenvalue weighted by Gasteiger charge is 2.35. The second-order valence-corrected chi connectivity index (χ2v) is 7.80. The second-order valence-electron chi connectivity index (χ2n) is 6.63. The predicted molar refractivity (Wildman–Crippen MR) is 111 cm³/mol. The van der Waals surface area contributed by atoms with Gasteiger partial charge in [-0.3, -0.25) is 14.5 Å². The Kier molecular flexibility index (Phi) is 6.14. The molecule has 1 aliphatic rings. The van der Waals surface area contributed by atoms with Gasteiger partial charge in [0.25, 0.3) is 0 Å². The van der Waals surface area contributed by atoms with Gasteiger partial charge in [0.2, 0.25) is 11.8 Å². The van der Waals surface area contributed by atoms with E-state index in [2.05, 4.69) is 10.3 Å². The summed E-state index contributed by atoms with van der Waals surface area (Å²) < 4.78 is 13.1. The Bertz CT molecular complexity index is 928. The molecule has 5 nitrogen and oxygen atoms in total. The molecule has 1 aliphatic heterocycles. The van der Waals surface area contributed by atoms with Crippen molar-refractivity contribution in [3.63, 3.8) is 0 Å². The summed E-state index contributed by atoms with van der Waals surface area (Å²) in [7, 11) is 0. The minimum Gasteiger partial charge on any atom is -0.325 e. The van der Waals surface area contributed by atoms with E-state index >= 15 is 0 Å². The molecule has 2 aromatic carbocycles. The van der Waals surface area contributed by atoms with Crippen LogP contribution in [0.3, 0.4) is 0 Å². The third kappa shape index (κ3) is 4.59. The second kappa shape index (κ2) is 8.56. The number of hydrogen-bond acceptors (Lipinski definition) is 4. The van der Waals surface area contributed by atoms with E-state index in [0.717, 1.165) is 16.8 Å². The van der Waals surface area contributed by atoms with Crippen LogP contribution in [0.1, 0.15) is 24.5 Å². The van der Waals surface area contributed by atoms with Crippen LogP contribution in [0, 0.1) is 19.7 Å². The number of aliphatic imine (C=N–C) groups is 1. The maximum absolute atomic E-state index is 13.1. The predicted octanol–water partition coefficient (Wildman–Crippen LogP) is 4.42. The summed E-state index contributed by atoms with van der Waals surface area (Å²) in [5.41, 5.74) is 3.35. The summed E-state index contributed by atoms with van der Waals surface area (Å²) in [6.07, 6.45) is 0.109. The first kappa shape index (κ1) is 20.1. The smallest absolute Gasteiger partial charge is 0.238 e. The molecule has 2 amide bonds. The summed E-state index contributed by atoms with van der Waals surface area (Å²) in [5, 5.41) is 2.79. The molecule has 1 fully saturated rings. The van der Waals surface area contributed by atoms with Crippen LogP contribution < -0.4 is 5.32 Å². The highest BCUT2D eigenvalue weighted by Crippen LogP contribution is 2.30. The van der Waals surface area contributed by atoms with E-state index in [1.165, 1.54) is 23.9 Å². The van der Waals surface area contributed by atoms with Crippen LogP contribution >= 0.6 is 11.8 Å². The summed E-state index contributed by atoms with van der Waals surface area (Å²) in [6.45, 7) is 6.24. The van der Waals surface area contributed by atoms with Crippen LogP contribution in [0.5, 0.6) is 0 Å². The first-order valence-corrected chi connectivity index (χ1v) is 9.94. The number of rotatable bonds is 4. The van der Waals surface area contributed by atoms with E-state index in [9.17, 15) is 14.0 Å².